The van der Waals surface area contributed by atoms with Crippen LogP contribution in [0.5, 0.6) is 5.75 Å². The lowest BCUT2D eigenvalue weighted by molar-refractivity contribution is 0.309. The highest BCUT2D eigenvalue weighted by atomic mass is 19.1. The van der Waals surface area contributed by atoms with E-state index >= 15 is 0 Å². The molecule has 3 nitrogen and oxygen atoms in total. The Labute approximate surface area is 95.6 Å². The molecule has 0 amide bonds. The van der Waals surface area contributed by atoms with Crippen LogP contribution in [0.25, 0.3) is 0 Å². The minimum Gasteiger partial charge on any atom is -0.493 e. The lowest BCUT2D eigenvalue weighted by atomic mass is 10.0. The molecule has 0 heterocycles. The lowest BCUT2D eigenvalue weighted by Gasteiger charge is -2.17. The SMILES string of the molecule is CCCOc1c(C)cc(F)cc1C(N)CN. The molecule has 0 saturated heterocycles. The Morgan fingerprint density at radius 1 is 1.44 bits per heavy atom. The predicted octanol–water partition coefficient (Wildman–Crippen LogP) is 1.88. The number of halogens is 1. The lowest BCUT2D eigenvalue weighted by Crippen LogP contribution is -2.22. The largest absolute Gasteiger partial charge is 0.493 e. The number of nitrogens with two attached hydrogens (primary N) is 2. The molecule has 0 aliphatic heterocycles. The van der Waals surface area contributed by atoms with Crippen LogP contribution in [0.1, 0.15) is 30.5 Å². The molecule has 0 aliphatic carbocycles. The van der Waals surface area contributed by atoms with Crippen LogP contribution in [-0.4, -0.2) is 13.2 Å². The molecule has 1 unspecified atom stereocenters. The van der Waals surface area contributed by atoms with Gasteiger partial charge in [0.1, 0.15) is 11.6 Å². The summed E-state index contributed by atoms with van der Waals surface area (Å²) in [6.45, 7) is 4.68. The van der Waals surface area contributed by atoms with Gasteiger partial charge in [0.05, 0.1) is 6.61 Å². The topological polar surface area (TPSA) is 61.3 Å². The molecule has 0 fully saturated rings. The van der Waals surface area contributed by atoms with E-state index in [2.05, 4.69) is 0 Å². The van der Waals surface area contributed by atoms with E-state index in [0.717, 1.165) is 12.0 Å². The van der Waals surface area contributed by atoms with E-state index in [-0.39, 0.29) is 18.4 Å². The highest BCUT2D eigenvalue weighted by Gasteiger charge is 2.15. The van der Waals surface area contributed by atoms with Crippen molar-refractivity contribution in [2.75, 3.05) is 13.2 Å². The number of hydrogen-bond acceptors (Lipinski definition) is 3. The van der Waals surface area contributed by atoms with Crippen molar-refractivity contribution in [3.05, 3.63) is 29.1 Å². The second-order valence-electron chi connectivity index (χ2n) is 3.83. The number of benzene rings is 1. The van der Waals surface area contributed by atoms with Gasteiger partial charge in [-0.15, -0.1) is 0 Å². The fourth-order valence-corrected chi connectivity index (χ4v) is 1.56. The van der Waals surface area contributed by atoms with Crippen LogP contribution < -0.4 is 16.2 Å². The van der Waals surface area contributed by atoms with Crippen LogP contribution >= 0.6 is 0 Å². The fraction of sp³-hybridized carbons (Fsp3) is 0.500. The first-order valence-electron chi connectivity index (χ1n) is 5.48. The zero-order valence-electron chi connectivity index (χ0n) is 9.79. The zero-order chi connectivity index (χ0) is 12.1. The molecule has 90 valence electrons. The van der Waals surface area contributed by atoms with E-state index in [1.54, 1.807) is 6.92 Å². The van der Waals surface area contributed by atoms with Crippen LogP contribution in [0.2, 0.25) is 0 Å². The van der Waals surface area contributed by atoms with E-state index in [0.29, 0.717) is 17.9 Å². The molecule has 16 heavy (non-hydrogen) atoms. The van der Waals surface area contributed by atoms with Crippen molar-refractivity contribution in [3.8, 4) is 5.75 Å². The van der Waals surface area contributed by atoms with E-state index in [9.17, 15) is 4.39 Å². The molecule has 0 aliphatic rings. The van der Waals surface area contributed by atoms with Crippen LogP contribution in [0, 0.1) is 12.7 Å². The maximum absolute atomic E-state index is 13.3. The van der Waals surface area contributed by atoms with Gasteiger partial charge in [-0.2, -0.15) is 0 Å². The molecular weight excluding hydrogens is 207 g/mol. The molecule has 0 radical (unpaired) electrons. The molecule has 4 N–H and O–H groups in total. The third kappa shape index (κ3) is 2.93. The number of rotatable bonds is 5. The van der Waals surface area contributed by atoms with Crippen molar-refractivity contribution in [3.63, 3.8) is 0 Å². The third-order valence-corrected chi connectivity index (χ3v) is 2.37. The summed E-state index contributed by atoms with van der Waals surface area (Å²) >= 11 is 0. The quantitative estimate of drug-likeness (QED) is 0.805. The standard InChI is InChI=1S/C12H19FN2O/c1-3-4-16-12-8(2)5-9(13)6-10(12)11(15)7-14/h5-6,11H,3-4,7,14-15H2,1-2H3. The van der Waals surface area contributed by atoms with E-state index in [4.69, 9.17) is 16.2 Å². The van der Waals surface area contributed by atoms with Crippen molar-refractivity contribution in [2.24, 2.45) is 11.5 Å². The Kier molecular flexibility index (Phi) is 4.71. The minimum atomic E-state index is -0.388. The summed E-state index contributed by atoms with van der Waals surface area (Å²) in [6.07, 6.45) is 0.897. The molecular formula is C12H19FN2O. The number of aryl methyl sites for hydroxylation is 1. The maximum Gasteiger partial charge on any atom is 0.127 e. The minimum absolute atomic E-state index is 0.269. The summed E-state index contributed by atoms with van der Waals surface area (Å²) in [4.78, 5) is 0. The van der Waals surface area contributed by atoms with Crippen molar-refractivity contribution in [1.29, 1.82) is 0 Å². The van der Waals surface area contributed by atoms with Gasteiger partial charge in [-0.3, -0.25) is 0 Å². The second-order valence-corrected chi connectivity index (χ2v) is 3.83. The highest BCUT2D eigenvalue weighted by molar-refractivity contribution is 5.43. The normalized spacial score (nSPS) is 12.6. The first-order valence-corrected chi connectivity index (χ1v) is 5.48. The predicted molar refractivity (Wildman–Crippen MR) is 62.9 cm³/mol. The maximum atomic E-state index is 13.3. The van der Waals surface area contributed by atoms with Crippen LogP contribution in [-0.2, 0) is 0 Å². The summed E-state index contributed by atoms with van der Waals surface area (Å²) in [7, 11) is 0. The highest BCUT2D eigenvalue weighted by Crippen LogP contribution is 2.29. The van der Waals surface area contributed by atoms with Gasteiger partial charge in [0, 0.05) is 18.2 Å². The molecule has 1 rings (SSSR count). The van der Waals surface area contributed by atoms with Gasteiger partial charge < -0.3 is 16.2 Å². The van der Waals surface area contributed by atoms with Crippen LogP contribution in [0.3, 0.4) is 0 Å². The van der Waals surface area contributed by atoms with Crippen molar-refractivity contribution < 1.29 is 9.13 Å². The zero-order valence-corrected chi connectivity index (χ0v) is 9.79. The Bertz CT molecular complexity index is 355. The van der Waals surface area contributed by atoms with Crippen molar-refractivity contribution in [2.45, 2.75) is 26.3 Å². The number of hydrogen-bond donors (Lipinski definition) is 2. The molecule has 1 atom stereocenters. The van der Waals surface area contributed by atoms with Gasteiger partial charge in [-0.05, 0) is 31.0 Å². The van der Waals surface area contributed by atoms with E-state index in [1.165, 1.54) is 12.1 Å². The van der Waals surface area contributed by atoms with Gasteiger partial charge in [0.2, 0.25) is 0 Å². The monoisotopic (exact) mass is 226 g/mol. The molecule has 0 saturated carbocycles. The van der Waals surface area contributed by atoms with Gasteiger partial charge in [-0.1, -0.05) is 6.92 Å². The van der Waals surface area contributed by atoms with Gasteiger partial charge in [-0.25, -0.2) is 4.39 Å². The molecule has 4 heteroatoms. The molecule has 0 aromatic heterocycles. The first-order chi connectivity index (χ1) is 7.60. The van der Waals surface area contributed by atoms with Gasteiger partial charge >= 0.3 is 0 Å². The summed E-state index contributed by atoms with van der Waals surface area (Å²) in [5.74, 6) is 0.362. The third-order valence-electron chi connectivity index (χ3n) is 2.37. The van der Waals surface area contributed by atoms with E-state index in [1.807, 2.05) is 6.92 Å². The van der Waals surface area contributed by atoms with Crippen LogP contribution in [0.4, 0.5) is 4.39 Å². The Hall–Kier alpha value is -1.13. The first kappa shape index (κ1) is 12.9. The molecule has 1 aromatic carbocycles. The second kappa shape index (κ2) is 5.82. The fourth-order valence-electron chi connectivity index (χ4n) is 1.56. The van der Waals surface area contributed by atoms with Crippen LogP contribution in [0.15, 0.2) is 12.1 Å². The van der Waals surface area contributed by atoms with Crippen molar-refractivity contribution >= 4 is 0 Å². The summed E-state index contributed by atoms with van der Waals surface area (Å²) in [5, 5.41) is 0. The summed E-state index contributed by atoms with van der Waals surface area (Å²) < 4.78 is 18.9. The van der Waals surface area contributed by atoms with E-state index < -0.39 is 0 Å². The summed E-state index contributed by atoms with van der Waals surface area (Å²) in [6, 6.07) is 2.45. The molecule has 0 spiro atoms. The Morgan fingerprint density at radius 2 is 2.12 bits per heavy atom. The molecule has 0 bridgehead atoms. The average molecular weight is 226 g/mol. The Morgan fingerprint density at radius 3 is 2.69 bits per heavy atom. The van der Waals surface area contributed by atoms with Gasteiger partial charge in [0.15, 0.2) is 0 Å². The average Bonchev–Trinajstić information content (AvgIpc) is 2.26. The Balaban J connectivity index is 3.10. The van der Waals surface area contributed by atoms with Gasteiger partial charge in [0.25, 0.3) is 0 Å². The summed E-state index contributed by atoms with van der Waals surface area (Å²) in [5.41, 5.74) is 12.7. The van der Waals surface area contributed by atoms with Crippen molar-refractivity contribution in [1.82, 2.24) is 0 Å². The smallest absolute Gasteiger partial charge is 0.127 e. The molecule has 1 aromatic rings. The number of ether oxygens (including phenoxy) is 1.